The van der Waals surface area contributed by atoms with Crippen LogP contribution in [0.1, 0.15) is 21.8 Å². The van der Waals surface area contributed by atoms with Gasteiger partial charge in [0.15, 0.2) is 0 Å². The van der Waals surface area contributed by atoms with E-state index in [-0.39, 0.29) is 5.56 Å². The SMILES string of the molecule is O=c1c2c([nH]n1Cc1ccccc1)CN(Cc1nc3ccccc3s1)CC2. The molecule has 5 nitrogen and oxygen atoms in total. The van der Waals surface area contributed by atoms with Crippen molar-refractivity contribution in [2.24, 2.45) is 0 Å². The van der Waals surface area contributed by atoms with E-state index in [0.29, 0.717) is 6.54 Å². The van der Waals surface area contributed by atoms with Crippen LogP contribution in [0, 0.1) is 0 Å². The van der Waals surface area contributed by atoms with Crippen LogP contribution < -0.4 is 5.56 Å². The van der Waals surface area contributed by atoms with Gasteiger partial charge in [-0.1, -0.05) is 42.5 Å². The third kappa shape index (κ3) is 3.22. The Morgan fingerprint density at radius 2 is 1.85 bits per heavy atom. The first-order valence-corrected chi connectivity index (χ1v) is 9.99. The fourth-order valence-electron chi connectivity index (χ4n) is 3.73. The van der Waals surface area contributed by atoms with E-state index >= 15 is 0 Å². The van der Waals surface area contributed by atoms with Gasteiger partial charge in [-0.05, 0) is 24.1 Å². The molecule has 1 aliphatic rings. The van der Waals surface area contributed by atoms with Gasteiger partial charge in [0, 0.05) is 18.7 Å². The highest BCUT2D eigenvalue weighted by atomic mass is 32.1. The lowest BCUT2D eigenvalue weighted by molar-refractivity contribution is 0.242. The average molecular weight is 376 g/mol. The van der Waals surface area contributed by atoms with Crippen LogP contribution >= 0.6 is 11.3 Å². The third-order valence-corrected chi connectivity index (χ3v) is 6.10. The molecule has 0 bridgehead atoms. The second-order valence-electron chi connectivity index (χ2n) is 6.98. The number of fused-ring (bicyclic) bond motifs is 2. The molecular weight excluding hydrogens is 356 g/mol. The van der Waals surface area contributed by atoms with Gasteiger partial charge in [0.1, 0.15) is 5.01 Å². The second kappa shape index (κ2) is 6.79. The molecule has 0 saturated heterocycles. The van der Waals surface area contributed by atoms with Crippen LogP contribution in [0.2, 0.25) is 0 Å². The molecule has 0 saturated carbocycles. The fourth-order valence-corrected chi connectivity index (χ4v) is 4.74. The summed E-state index contributed by atoms with van der Waals surface area (Å²) in [6, 6.07) is 18.4. The molecule has 0 aliphatic carbocycles. The summed E-state index contributed by atoms with van der Waals surface area (Å²) in [7, 11) is 0. The molecule has 3 heterocycles. The minimum atomic E-state index is 0.119. The van der Waals surface area contributed by atoms with Crippen molar-refractivity contribution >= 4 is 21.6 Å². The van der Waals surface area contributed by atoms with Crippen LogP contribution in [0.3, 0.4) is 0 Å². The Balaban J connectivity index is 1.35. The number of aromatic amines is 1. The summed E-state index contributed by atoms with van der Waals surface area (Å²) in [5.41, 5.74) is 4.30. The number of nitrogens with one attached hydrogen (secondary N) is 1. The average Bonchev–Trinajstić information content (AvgIpc) is 3.23. The summed E-state index contributed by atoms with van der Waals surface area (Å²) in [6.45, 7) is 3.07. The van der Waals surface area contributed by atoms with Crippen LogP contribution in [0.4, 0.5) is 0 Å². The number of aromatic nitrogens is 3. The Labute approximate surface area is 160 Å². The molecule has 1 aliphatic heterocycles. The van der Waals surface area contributed by atoms with E-state index in [4.69, 9.17) is 4.98 Å². The Hall–Kier alpha value is -2.70. The van der Waals surface area contributed by atoms with Gasteiger partial charge < -0.3 is 0 Å². The Kier molecular flexibility index (Phi) is 4.14. The van der Waals surface area contributed by atoms with Gasteiger partial charge >= 0.3 is 0 Å². The minimum absolute atomic E-state index is 0.119. The molecule has 0 fully saturated rings. The van der Waals surface area contributed by atoms with E-state index in [9.17, 15) is 4.79 Å². The van der Waals surface area contributed by atoms with Gasteiger partial charge in [-0.3, -0.25) is 14.8 Å². The van der Waals surface area contributed by atoms with Gasteiger partial charge in [-0.15, -0.1) is 11.3 Å². The van der Waals surface area contributed by atoms with Gasteiger partial charge in [-0.2, -0.15) is 0 Å². The Morgan fingerprint density at radius 3 is 2.70 bits per heavy atom. The number of H-pyrrole nitrogens is 1. The van der Waals surface area contributed by atoms with E-state index in [2.05, 4.69) is 28.2 Å². The van der Waals surface area contributed by atoms with Crippen LogP contribution in [0.15, 0.2) is 59.4 Å². The molecule has 2 aromatic heterocycles. The highest BCUT2D eigenvalue weighted by Crippen LogP contribution is 2.24. The number of thiazole rings is 1. The molecule has 0 spiro atoms. The third-order valence-electron chi connectivity index (χ3n) is 5.08. The molecule has 2 aromatic carbocycles. The number of nitrogens with zero attached hydrogens (tertiary/aromatic N) is 3. The fraction of sp³-hybridized carbons (Fsp3) is 0.238. The van der Waals surface area contributed by atoms with Crippen molar-refractivity contribution in [3.05, 3.63) is 86.8 Å². The zero-order chi connectivity index (χ0) is 18.2. The summed E-state index contributed by atoms with van der Waals surface area (Å²) in [6.07, 6.45) is 0.789. The first-order chi connectivity index (χ1) is 13.3. The van der Waals surface area contributed by atoms with Gasteiger partial charge in [0.05, 0.1) is 29.0 Å². The van der Waals surface area contributed by atoms with E-state index in [0.717, 1.165) is 53.4 Å². The molecule has 6 heteroatoms. The van der Waals surface area contributed by atoms with Crippen LogP contribution in [-0.4, -0.2) is 26.2 Å². The number of benzene rings is 2. The van der Waals surface area contributed by atoms with Crippen molar-refractivity contribution in [2.45, 2.75) is 26.1 Å². The van der Waals surface area contributed by atoms with E-state index in [1.807, 2.05) is 36.4 Å². The lowest BCUT2D eigenvalue weighted by Crippen LogP contribution is -2.31. The largest absolute Gasteiger partial charge is 0.298 e. The molecular formula is C21H20N4OS. The number of hydrogen-bond acceptors (Lipinski definition) is 4. The topological polar surface area (TPSA) is 53.9 Å². The van der Waals surface area contributed by atoms with Crippen molar-refractivity contribution in [1.82, 2.24) is 19.7 Å². The summed E-state index contributed by atoms with van der Waals surface area (Å²) >= 11 is 1.75. The zero-order valence-corrected chi connectivity index (χ0v) is 15.7. The second-order valence-corrected chi connectivity index (χ2v) is 8.10. The first-order valence-electron chi connectivity index (χ1n) is 9.17. The molecule has 4 aromatic rings. The lowest BCUT2D eigenvalue weighted by atomic mass is 10.1. The number of para-hydroxylation sites is 1. The van der Waals surface area contributed by atoms with Crippen molar-refractivity contribution in [3.8, 4) is 0 Å². The van der Waals surface area contributed by atoms with Crippen LogP contribution in [-0.2, 0) is 26.1 Å². The quantitative estimate of drug-likeness (QED) is 0.594. The molecule has 27 heavy (non-hydrogen) atoms. The molecule has 5 rings (SSSR count). The van der Waals surface area contributed by atoms with Crippen molar-refractivity contribution in [1.29, 1.82) is 0 Å². The predicted molar refractivity (Wildman–Crippen MR) is 108 cm³/mol. The van der Waals surface area contributed by atoms with E-state index < -0.39 is 0 Å². The van der Waals surface area contributed by atoms with Gasteiger partial charge in [0.2, 0.25) is 0 Å². The molecule has 0 unspecified atom stereocenters. The maximum atomic E-state index is 12.7. The van der Waals surface area contributed by atoms with E-state index in [1.54, 1.807) is 16.0 Å². The molecule has 0 amide bonds. The summed E-state index contributed by atoms with van der Waals surface area (Å²) in [5.74, 6) is 0. The summed E-state index contributed by atoms with van der Waals surface area (Å²) in [4.78, 5) is 19.8. The molecule has 136 valence electrons. The van der Waals surface area contributed by atoms with Crippen molar-refractivity contribution in [2.75, 3.05) is 6.54 Å². The van der Waals surface area contributed by atoms with Crippen molar-refractivity contribution < 1.29 is 0 Å². The maximum Gasteiger partial charge on any atom is 0.270 e. The molecule has 1 N–H and O–H groups in total. The van der Waals surface area contributed by atoms with Gasteiger partial charge in [0.25, 0.3) is 5.56 Å². The van der Waals surface area contributed by atoms with Crippen molar-refractivity contribution in [3.63, 3.8) is 0 Å². The first kappa shape index (κ1) is 16.5. The summed E-state index contributed by atoms with van der Waals surface area (Å²) in [5, 5.41) is 4.47. The predicted octanol–water partition coefficient (Wildman–Crippen LogP) is 3.39. The van der Waals surface area contributed by atoms with Gasteiger partial charge in [-0.25, -0.2) is 9.67 Å². The van der Waals surface area contributed by atoms with Crippen LogP contribution in [0.5, 0.6) is 0 Å². The number of hydrogen-bond donors (Lipinski definition) is 1. The minimum Gasteiger partial charge on any atom is -0.298 e. The summed E-state index contributed by atoms with van der Waals surface area (Å²) < 4.78 is 2.97. The monoisotopic (exact) mass is 376 g/mol. The Morgan fingerprint density at radius 1 is 1.04 bits per heavy atom. The van der Waals surface area contributed by atoms with Crippen LogP contribution in [0.25, 0.3) is 10.2 Å². The highest BCUT2D eigenvalue weighted by molar-refractivity contribution is 7.18. The maximum absolute atomic E-state index is 12.7. The Bertz CT molecular complexity index is 1110. The zero-order valence-electron chi connectivity index (χ0n) is 14.9. The van der Waals surface area contributed by atoms with E-state index in [1.165, 1.54) is 4.70 Å². The highest BCUT2D eigenvalue weighted by Gasteiger charge is 2.23. The molecule has 0 atom stereocenters. The standard InChI is InChI=1S/C21H20N4OS/c26-21-16-10-11-24(14-20-22-17-8-4-5-9-19(17)27-20)13-18(16)23-25(21)12-15-6-2-1-3-7-15/h1-9,23H,10-14H2. The smallest absolute Gasteiger partial charge is 0.270 e. The normalized spacial score (nSPS) is 14.5. The number of rotatable bonds is 4. The molecule has 0 radical (unpaired) electrons. The lowest BCUT2D eigenvalue weighted by Gasteiger charge is -2.24.